The predicted molar refractivity (Wildman–Crippen MR) is 76.9 cm³/mol. The molecule has 0 aromatic heterocycles. The molecule has 1 saturated heterocycles. The lowest BCUT2D eigenvalue weighted by Crippen LogP contribution is -2.46. The van der Waals surface area contributed by atoms with Gasteiger partial charge in [0.2, 0.25) is 5.91 Å². The number of rotatable bonds is 4. The van der Waals surface area contributed by atoms with E-state index in [2.05, 4.69) is 0 Å². The SMILES string of the molecule is CN(CC(O)C(F)(F)F)C1CCN(c2cccc(Cl)c2)C1=O. The standard InChI is InChI=1S/C14H16ClF3N2O2/c1-19(8-12(21)14(16,17)18)11-5-6-20(13(11)22)10-4-2-3-9(15)7-10/h2-4,7,11-12,21H,5-6,8H2,1H3. The number of carbonyl (C=O) groups excluding carboxylic acids is 1. The summed E-state index contributed by atoms with van der Waals surface area (Å²) in [4.78, 5) is 15.1. The number of nitrogens with zero attached hydrogens (tertiary/aromatic N) is 2. The maximum atomic E-state index is 12.4. The number of alkyl halides is 3. The Bertz CT molecular complexity index is 553. The van der Waals surface area contributed by atoms with Gasteiger partial charge in [0.25, 0.3) is 0 Å². The Morgan fingerprint density at radius 3 is 2.77 bits per heavy atom. The molecule has 1 aromatic rings. The Hall–Kier alpha value is -1.31. The van der Waals surface area contributed by atoms with E-state index < -0.39 is 24.9 Å². The Kier molecular flexibility index (Phi) is 4.99. The number of amides is 1. The lowest BCUT2D eigenvalue weighted by Gasteiger charge is -2.26. The number of carbonyl (C=O) groups is 1. The predicted octanol–water partition coefficient (Wildman–Crippen LogP) is 2.30. The van der Waals surface area contributed by atoms with E-state index in [9.17, 15) is 18.0 Å². The van der Waals surface area contributed by atoms with E-state index in [1.807, 2.05) is 0 Å². The first-order valence-corrected chi connectivity index (χ1v) is 7.10. The second-order valence-corrected chi connectivity index (χ2v) is 5.71. The summed E-state index contributed by atoms with van der Waals surface area (Å²) in [6, 6.07) is 6.05. The van der Waals surface area contributed by atoms with Crippen LogP contribution in [0.2, 0.25) is 5.02 Å². The zero-order chi connectivity index (χ0) is 16.5. The molecule has 1 aromatic carbocycles. The molecule has 4 nitrogen and oxygen atoms in total. The fourth-order valence-electron chi connectivity index (χ4n) is 2.48. The average molecular weight is 337 g/mol. The third-order valence-electron chi connectivity index (χ3n) is 3.67. The van der Waals surface area contributed by atoms with E-state index in [1.165, 1.54) is 16.8 Å². The zero-order valence-electron chi connectivity index (χ0n) is 11.8. The maximum absolute atomic E-state index is 12.4. The maximum Gasteiger partial charge on any atom is 0.415 e. The number of benzene rings is 1. The summed E-state index contributed by atoms with van der Waals surface area (Å²) in [5, 5.41) is 9.59. The topological polar surface area (TPSA) is 43.8 Å². The summed E-state index contributed by atoms with van der Waals surface area (Å²) in [5.41, 5.74) is 0.616. The number of anilines is 1. The van der Waals surface area contributed by atoms with Crippen LogP contribution in [0.4, 0.5) is 18.9 Å². The van der Waals surface area contributed by atoms with Crippen LogP contribution >= 0.6 is 11.6 Å². The molecule has 2 rings (SSSR count). The molecule has 0 saturated carbocycles. The minimum atomic E-state index is -4.69. The van der Waals surface area contributed by atoms with Gasteiger partial charge in [-0.3, -0.25) is 9.69 Å². The smallest absolute Gasteiger partial charge is 0.382 e. The number of aliphatic hydroxyl groups is 1. The lowest BCUT2D eigenvalue weighted by molar-refractivity contribution is -0.208. The molecule has 1 aliphatic heterocycles. The number of aliphatic hydroxyl groups excluding tert-OH is 1. The molecule has 1 aliphatic rings. The fourth-order valence-corrected chi connectivity index (χ4v) is 2.66. The van der Waals surface area contributed by atoms with Gasteiger partial charge in [-0.15, -0.1) is 0 Å². The highest BCUT2D eigenvalue weighted by Gasteiger charge is 2.42. The molecule has 2 atom stereocenters. The summed E-state index contributed by atoms with van der Waals surface area (Å²) in [6.07, 6.45) is -6.76. The zero-order valence-corrected chi connectivity index (χ0v) is 12.6. The van der Waals surface area contributed by atoms with Crippen molar-refractivity contribution in [1.82, 2.24) is 4.90 Å². The molecular formula is C14H16ClF3N2O2. The molecule has 0 radical (unpaired) electrons. The van der Waals surface area contributed by atoms with Crippen LogP contribution in [0.5, 0.6) is 0 Å². The second-order valence-electron chi connectivity index (χ2n) is 5.27. The summed E-state index contributed by atoms with van der Waals surface area (Å²) in [5.74, 6) is -0.292. The molecule has 1 amide bonds. The Morgan fingerprint density at radius 2 is 2.18 bits per heavy atom. The minimum absolute atomic E-state index is 0.292. The average Bonchev–Trinajstić information content (AvgIpc) is 2.79. The monoisotopic (exact) mass is 336 g/mol. The van der Waals surface area contributed by atoms with Gasteiger partial charge in [-0.05, 0) is 31.7 Å². The van der Waals surface area contributed by atoms with Crippen molar-refractivity contribution in [3.8, 4) is 0 Å². The van der Waals surface area contributed by atoms with Crippen LogP contribution in [-0.4, -0.2) is 54.4 Å². The van der Waals surface area contributed by atoms with Crippen molar-refractivity contribution >= 4 is 23.2 Å². The van der Waals surface area contributed by atoms with Gasteiger partial charge in [0.15, 0.2) is 6.10 Å². The first-order valence-electron chi connectivity index (χ1n) is 6.72. The summed E-state index contributed by atoms with van der Waals surface area (Å²) in [6.45, 7) is -0.237. The van der Waals surface area contributed by atoms with Gasteiger partial charge in [0.1, 0.15) is 0 Å². The first-order chi connectivity index (χ1) is 10.2. The van der Waals surface area contributed by atoms with Crippen LogP contribution in [0.1, 0.15) is 6.42 Å². The van der Waals surface area contributed by atoms with Gasteiger partial charge in [0.05, 0.1) is 6.04 Å². The molecule has 122 valence electrons. The van der Waals surface area contributed by atoms with E-state index in [0.717, 1.165) is 0 Å². The first kappa shape index (κ1) is 17.1. The van der Waals surface area contributed by atoms with Crippen molar-refractivity contribution in [2.45, 2.75) is 24.7 Å². The highest BCUT2D eigenvalue weighted by Crippen LogP contribution is 2.27. The fraction of sp³-hybridized carbons (Fsp3) is 0.500. The molecule has 0 aliphatic carbocycles. The van der Waals surface area contributed by atoms with Crippen LogP contribution < -0.4 is 4.90 Å². The highest BCUT2D eigenvalue weighted by molar-refractivity contribution is 6.30. The summed E-state index contributed by atoms with van der Waals surface area (Å²) in [7, 11) is 1.40. The van der Waals surface area contributed by atoms with E-state index in [4.69, 9.17) is 16.7 Å². The molecule has 8 heteroatoms. The number of hydrogen-bond donors (Lipinski definition) is 1. The summed E-state index contributed by atoms with van der Waals surface area (Å²) < 4.78 is 37.2. The van der Waals surface area contributed by atoms with Crippen molar-refractivity contribution in [1.29, 1.82) is 0 Å². The molecule has 1 heterocycles. The van der Waals surface area contributed by atoms with Crippen LogP contribution in [-0.2, 0) is 4.79 Å². The van der Waals surface area contributed by atoms with Gasteiger partial charge >= 0.3 is 6.18 Å². The van der Waals surface area contributed by atoms with Crippen LogP contribution in [0.25, 0.3) is 0 Å². The van der Waals surface area contributed by atoms with Crippen LogP contribution in [0.3, 0.4) is 0 Å². The molecule has 1 fully saturated rings. The van der Waals surface area contributed by atoms with Crippen LogP contribution in [0, 0.1) is 0 Å². The molecule has 1 N–H and O–H groups in total. The van der Waals surface area contributed by atoms with Gasteiger partial charge in [-0.1, -0.05) is 17.7 Å². The van der Waals surface area contributed by atoms with Gasteiger partial charge in [-0.2, -0.15) is 13.2 Å². The van der Waals surface area contributed by atoms with E-state index in [0.29, 0.717) is 23.7 Å². The molecule has 2 unspecified atom stereocenters. The Balaban J connectivity index is 2.05. The van der Waals surface area contributed by atoms with Crippen molar-refractivity contribution < 1.29 is 23.1 Å². The van der Waals surface area contributed by atoms with Gasteiger partial charge < -0.3 is 10.0 Å². The Labute approximate surface area is 131 Å². The third kappa shape index (κ3) is 3.71. The largest absolute Gasteiger partial charge is 0.415 e. The third-order valence-corrected chi connectivity index (χ3v) is 3.90. The van der Waals surface area contributed by atoms with Crippen molar-refractivity contribution in [3.05, 3.63) is 29.3 Å². The Morgan fingerprint density at radius 1 is 1.50 bits per heavy atom. The number of halogens is 4. The summed E-state index contributed by atoms with van der Waals surface area (Å²) >= 11 is 5.88. The molecule has 22 heavy (non-hydrogen) atoms. The van der Waals surface area contributed by atoms with E-state index in [-0.39, 0.29) is 5.91 Å². The minimum Gasteiger partial charge on any atom is -0.382 e. The van der Waals surface area contributed by atoms with Crippen molar-refractivity contribution in [2.24, 2.45) is 0 Å². The normalized spacial score (nSPS) is 20.8. The van der Waals surface area contributed by atoms with Crippen molar-refractivity contribution in [2.75, 3.05) is 25.0 Å². The lowest BCUT2D eigenvalue weighted by atomic mass is 10.2. The van der Waals surface area contributed by atoms with Gasteiger partial charge in [-0.25, -0.2) is 0 Å². The van der Waals surface area contributed by atoms with Crippen LogP contribution in [0.15, 0.2) is 24.3 Å². The molecule has 0 bridgehead atoms. The molecule has 0 spiro atoms. The quantitative estimate of drug-likeness (QED) is 0.917. The van der Waals surface area contributed by atoms with Gasteiger partial charge in [0, 0.05) is 23.8 Å². The number of likely N-dealkylation sites (N-methyl/N-ethyl adjacent to an activating group) is 1. The van der Waals surface area contributed by atoms with Crippen molar-refractivity contribution in [3.63, 3.8) is 0 Å². The van der Waals surface area contributed by atoms with E-state index in [1.54, 1.807) is 24.3 Å². The highest BCUT2D eigenvalue weighted by atomic mass is 35.5. The second kappa shape index (κ2) is 6.44. The number of hydrogen-bond acceptors (Lipinski definition) is 3. The molecular weight excluding hydrogens is 321 g/mol. The van der Waals surface area contributed by atoms with E-state index >= 15 is 0 Å².